The Morgan fingerprint density at radius 3 is 2.14 bits per heavy atom. The molecule has 2 aromatic rings. The first-order chi connectivity index (χ1) is 9.72. The largest absolute Gasteiger partial charge is 0.415 e. The minimum Gasteiger partial charge on any atom is -0.238 e. The number of alkyl halides is 3. The van der Waals surface area contributed by atoms with Gasteiger partial charge in [-0.3, -0.25) is 0 Å². The van der Waals surface area contributed by atoms with Crippen LogP contribution < -0.4 is 0 Å². The number of benzene rings is 2. The fraction of sp³-hybridized carbons (Fsp3) is 0.133. The Labute approximate surface area is 117 Å². The van der Waals surface area contributed by atoms with Gasteiger partial charge in [0, 0.05) is 5.56 Å². The van der Waals surface area contributed by atoms with Crippen LogP contribution in [0.25, 0.3) is 16.0 Å². The van der Waals surface area contributed by atoms with E-state index < -0.39 is 23.4 Å². The van der Waals surface area contributed by atoms with E-state index in [0.717, 1.165) is 18.2 Å². The quantitative estimate of drug-likeness (QED) is 0.483. The molecular formula is C15H8F5N. The molecular weight excluding hydrogens is 289 g/mol. The third kappa shape index (κ3) is 3.02. The molecule has 0 aliphatic carbocycles. The van der Waals surface area contributed by atoms with Crippen molar-refractivity contribution in [1.82, 2.24) is 0 Å². The van der Waals surface area contributed by atoms with Crippen molar-refractivity contribution in [1.29, 1.82) is 0 Å². The summed E-state index contributed by atoms with van der Waals surface area (Å²) < 4.78 is 64.8. The first kappa shape index (κ1) is 15.0. The van der Waals surface area contributed by atoms with E-state index in [1.54, 1.807) is 0 Å². The third-order valence-electron chi connectivity index (χ3n) is 2.95. The Kier molecular flexibility index (Phi) is 3.69. The average Bonchev–Trinajstić information content (AvgIpc) is 2.41. The molecule has 0 aliphatic heterocycles. The molecule has 1 nitrogen and oxygen atoms in total. The molecule has 0 radical (unpaired) electrons. The maximum atomic E-state index is 13.3. The molecule has 2 aromatic carbocycles. The molecule has 0 N–H and O–H groups in total. The summed E-state index contributed by atoms with van der Waals surface area (Å²) in [6, 6.07) is 4.47. The summed E-state index contributed by atoms with van der Waals surface area (Å²) in [5.74, 6) is -2.23. The average molecular weight is 297 g/mol. The fourth-order valence-corrected chi connectivity index (χ4v) is 1.95. The molecule has 0 unspecified atom stereocenters. The van der Waals surface area contributed by atoms with E-state index in [4.69, 9.17) is 6.57 Å². The fourth-order valence-electron chi connectivity index (χ4n) is 1.95. The predicted molar refractivity (Wildman–Crippen MR) is 67.8 cm³/mol. The van der Waals surface area contributed by atoms with Crippen molar-refractivity contribution in [3.63, 3.8) is 0 Å². The Bertz CT molecular complexity index is 741. The maximum absolute atomic E-state index is 13.3. The Hall–Kier alpha value is -2.42. The SMILES string of the molecule is [C-]#[N+]c1cc(-c2cc(F)c(F)cc2C)cc(C(F)(F)F)c1. The minimum absolute atomic E-state index is 0.0206. The summed E-state index contributed by atoms with van der Waals surface area (Å²) >= 11 is 0. The van der Waals surface area contributed by atoms with E-state index in [1.807, 2.05) is 0 Å². The van der Waals surface area contributed by atoms with E-state index >= 15 is 0 Å². The van der Waals surface area contributed by atoms with Gasteiger partial charge in [-0.15, -0.1) is 0 Å². The highest BCUT2D eigenvalue weighted by molar-refractivity contribution is 5.72. The van der Waals surface area contributed by atoms with Crippen LogP contribution in [0.4, 0.5) is 27.6 Å². The summed E-state index contributed by atoms with van der Waals surface area (Å²) in [5, 5.41) is 0. The summed E-state index contributed by atoms with van der Waals surface area (Å²) in [6.07, 6.45) is -4.62. The van der Waals surface area contributed by atoms with E-state index in [9.17, 15) is 22.0 Å². The molecule has 0 spiro atoms. The van der Waals surface area contributed by atoms with Gasteiger partial charge in [0.15, 0.2) is 17.3 Å². The van der Waals surface area contributed by atoms with Crippen LogP contribution in [0.5, 0.6) is 0 Å². The second-order valence-corrected chi connectivity index (χ2v) is 4.46. The number of hydrogen-bond donors (Lipinski definition) is 0. The zero-order valence-electron chi connectivity index (χ0n) is 10.7. The minimum atomic E-state index is -4.62. The highest BCUT2D eigenvalue weighted by Gasteiger charge is 2.31. The van der Waals surface area contributed by atoms with Gasteiger partial charge < -0.3 is 0 Å². The van der Waals surface area contributed by atoms with Crippen LogP contribution in [0.1, 0.15) is 11.1 Å². The summed E-state index contributed by atoms with van der Waals surface area (Å²) in [4.78, 5) is 2.98. The van der Waals surface area contributed by atoms with E-state index in [2.05, 4.69) is 4.85 Å². The summed E-state index contributed by atoms with van der Waals surface area (Å²) in [6.45, 7) is 8.31. The Balaban J connectivity index is 2.70. The van der Waals surface area contributed by atoms with Crippen molar-refractivity contribution in [3.8, 4) is 11.1 Å². The van der Waals surface area contributed by atoms with Gasteiger partial charge in [-0.1, -0.05) is 0 Å². The highest BCUT2D eigenvalue weighted by Crippen LogP contribution is 2.36. The highest BCUT2D eigenvalue weighted by atomic mass is 19.4. The van der Waals surface area contributed by atoms with Crippen molar-refractivity contribution in [2.75, 3.05) is 0 Å². The van der Waals surface area contributed by atoms with E-state index in [1.165, 1.54) is 13.0 Å². The van der Waals surface area contributed by atoms with Crippen molar-refractivity contribution in [2.24, 2.45) is 0 Å². The smallest absolute Gasteiger partial charge is 0.238 e. The second-order valence-electron chi connectivity index (χ2n) is 4.46. The number of rotatable bonds is 1. The van der Waals surface area contributed by atoms with Crippen LogP contribution in [0.2, 0.25) is 0 Å². The second kappa shape index (κ2) is 5.17. The molecule has 0 heterocycles. The van der Waals surface area contributed by atoms with Gasteiger partial charge in [0.25, 0.3) is 0 Å². The maximum Gasteiger partial charge on any atom is 0.415 e. The molecule has 0 aromatic heterocycles. The molecule has 0 fully saturated rings. The van der Waals surface area contributed by atoms with Crippen molar-refractivity contribution in [2.45, 2.75) is 13.1 Å². The van der Waals surface area contributed by atoms with Gasteiger partial charge in [-0.05, 0) is 53.9 Å². The molecule has 2 rings (SSSR count). The molecule has 0 bridgehead atoms. The van der Waals surface area contributed by atoms with Crippen LogP contribution in [0, 0.1) is 25.1 Å². The zero-order chi connectivity index (χ0) is 15.8. The number of hydrogen-bond acceptors (Lipinski definition) is 0. The molecule has 108 valence electrons. The van der Waals surface area contributed by atoms with Crippen molar-refractivity contribution < 1.29 is 22.0 Å². The lowest BCUT2D eigenvalue weighted by Crippen LogP contribution is -2.05. The van der Waals surface area contributed by atoms with Crippen LogP contribution in [-0.2, 0) is 6.18 Å². The normalized spacial score (nSPS) is 11.3. The molecule has 0 saturated carbocycles. The molecule has 6 heteroatoms. The van der Waals surface area contributed by atoms with Crippen LogP contribution >= 0.6 is 0 Å². The van der Waals surface area contributed by atoms with Crippen LogP contribution in [0.3, 0.4) is 0 Å². The number of aryl methyl sites for hydroxylation is 1. The molecule has 0 saturated heterocycles. The molecule has 0 amide bonds. The Morgan fingerprint density at radius 1 is 0.952 bits per heavy atom. The van der Waals surface area contributed by atoms with Gasteiger partial charge in [-0.25, -0.2) is 13.6 Å². The van der Waals surface area contributed by atoms with E-state index in [0.29, 0.717) is 6.07 Å². The topological polar surface area (TPSA) is 4.36 Å². The summed E-state index contributed by atoms with van der Waals surface area (Å²) in [7, 11) is 0. The van der Waals surface area contributed by atoms with Gasteiger partial charge in [0.05, 0.1) is 6.57 Å². The lowest BCUT2D eigenvalue weighted by atomic mass is 9.97. The molecule has 21 heavy (non-hydrogen) atoms. The van der Waals surface area contributed by atoms with Gasteiger partial charge in [0.1, 0.15) is 0 Å². The molecule has 0 aliphatic rings. The van der Waals surface area contributed by atoms with Crippen molar-refractivity contribution >= 4 is 5.69 Å². The van der Waals surface area contributed by atoms with Gasteiger partial charge in [0.2, 0.25) is 0 Å². The predicted octanol–water partition coefficient (Wildman–Crippen LogP) is 5.51. The lowest BCUT2D eigenvalue weighted by Gasteiger charge is -2.12. The Morgan fingerprint density at radius 2 is 1.57 bits per heavy atom. The van der Waals surface area contributed by atoms with Crippen LogP contribution in [0.15, 0.2) is 30.3 Å². The monoisotopic (exact) mass is 297 g/mol. The first-order valence-electron chi connectivity index (χ1n) is 5.78. The van der Waals surface area contributed by atoms with Gasteiger partial charge in [-0.2, -0.15) is 13.2 Å². The third-order valence-corrected chi connectivity index (χ3v) is 2.95. The first-order valence-corrected chi connectivity index (χ1v) is 5.78. The molecule has 0 atom stereocenters. The van der Waals surface area contributed by atoms with E-state index in [-0.39, 0.29) is 22.4 Å². The van der Waals surface area contributed by atoms with Crippen molar-refractivity contribution in [3.05, 3.63) is 64.5 Å². The van der Waals surface area contributed by atoms with Gasteiger partial charge >= 0.3 is 6.18 Å². The lowest BCUT2D eigenvalue weighted by molar-refractivity contribution is -0.137. The van der Waals surface area contributed by atoms with Crippen LogP contribution in [-0.4, -0.2) is 0 Å². The standard InChI is InChI=1S/C15H8F5N/c1-8-3-13(16)14(17)7-12(8)9-4-10(15(18,19)20)6-11(5-9)21-2/h3-7H,1H3. The summed E-state index contributed by atoms with van der Waals surface area (Å²) in [5.41, 5.74) is -0.805. The number of halogens is 5. The number of nitrogens with zero attached hydrogens (tertiary/aromatic N) is 1. The zero-order valence-corrected chi connectivity index (χ0v) is 10.7.